The van der Waals surface area contributed by atoms with Crippen molar-refractivity contribution in [2.45, 2.75) is 18.4 Å². The van der Waals surface area contributed by atoms with Crippen molar-refractivity contribution >= 4 is 0 Å². The van der Waals surface area contributed by atoms with Crippen LogP contribution in [0, 0.1) is 17.7 Å². The molecule has 0 radical (unpaired) electrons. The topological polar surface area (TPSA) is 23.5 Å². The van der Waals surface area contributed by atoms with Gasteiger partial charge in [0.05, 0.1) is 6.54 Å². The van der Waals surface area contributed by atoms with Crippen LogP contribution >= 0.6 is 0 Å². The SMILES string of the molecule is O[C@](C#CCN1CCCC1)(c1ccccc1)c1cccc(F)c1. The van der Waals surface area contributed by atoms with Crippen molar-refractivity contribution in [2.24, 2.45) is 0 Å². The van der Waals surface area contributed by atoms with E-state index in [0.717, 1.165) is 13.1 Å². The molecule has 1 atom stereocenters. The van der Waals surface area contributed by atoms with Gasteiger partial charge in [-0.15, -0.1) is 0 Å². The van der Waals surface area contributed by atoms with Crippen LogP contribution in [0.4, 0.5) is 4.39 Å². The van der Waals surface area contributed by atoms with Crippen molar-refractivity contribution in [3.63, 3.8) is 0 Å². The molecule has 1 aliphatic heterocycles. The standard InChI is InChI=1S/C20H20FNO/c21-19-11-6-10-18(16-19)20(23,17-8-2-1-3-9-17)12-7-15-22-13-4-5-14-22/h1-3,6,8-11,16,23H,4-5,13-15H2/t20-/m1/s1. The van der Waals surface area contributed by atoms with Crippen LogP contribution in [-0.2, 0) is 5.60 Å². The zero-order chi connectivity index (χ0) is 16.1. The van der Waals surface area contributed by atoms with E-state index in [1.54, 1.807) is 12.1 Å². The Morgan fingerprint density at radius 1 is 1.00 bits per heavy atom. The van der Waals surface area contributed by atoms with Crippen LogP contribution in [0.2, 0.25) is 0 Å². The first-order chi connectivity index (χ1) is 11.2. The van der Waals surface area contributed by atoms with Gasteiger partial charge in [-0.25, -0.2) is 4.39 Å². The number of nitrogens with zero attached hydrogens (tertiary/aromatic N) is 1. The summed E-state index contributed by atoms with van der Waals surface area (Å²) in [6, 6.07) is 15.2. The first kappa shape index (κ1) is 15.7. The lowest BCUT2D eigenvalue weighted by atomic mass is 9.87. The molecule has 0 saturated carbocycles. The minimum absolute atomic E-state index is 0.377. The molecule has 118 valence electrons. The number of likely N-dealkylation sites (tertiary alicyclic amines) is 1. The van der Waals surface area contributed by atoms with Gasteiger partial charge in [0.25, 0.3) is 0 Å². The number of aliphatic hydroxyl groups is 1. The fraction of sp³-hybridized carbons (Fsp3) is 0.300. The van der Waals surface area contributed by atoms with Gasteiger partial charge in [-0.05, 0) is 38.1 Å². The van der Waals surface area contributed by atoms with Gasteiger partial charge in [-0.1, -0.05) is 54.3 Å². The highest BCUT2D eigenvalue weighted by Crippen LogP contribution is 2.29. The second-order valence-electron chi connectivity index (χ2n) is 5.87. The zero-order valence-corrected chi connectivity index (χ0v) is 13.0. The molecule has 0 bridgehead atoms. The summed E-state index contributed by atoms with van der Waals surface area (Å²) < 4.78 is 13.6. The minimum Gasteiger partial charge on any atom is -0.369 e. The van der Waals surface area contributed by atoms with Crippen molar-refractivity contribution in [2.75, 3.05) is 19.6 Å². The predicted octanol–water partition coefficient (Wildman–Crippen LogP) is 3.16. The number of hydrogen-bond acceptors (Lipinski definition) is 2. The molecular weight excluding hydrogens is 289 g/mol. The summed E-state index contributed by atoms with van der Waals surface area (Å²) in [7, 11) is 0. The molecule has 1 aliphatic rings. The Labute approximate surface area is 136 Å². The molecule has 2 nitrogen and oxygen atoms in total. The molecule has 23 heavy (non-hydrogen) atoms. The second kappa shape index (κ2) is 6.95. The zero-order valence-electron chi connectivity index (χ0n) is 13.0. The van der Waals surface area contributed by atoms with Gasteiger partial charge in [0.2, 0.25) is 0 Å². The molecule has 2 aromatic carbocycles. The molecule has 0 unspecified atom stereocenters. The maximum Gasteiger partial charge on any atom is 0.177 e. The first-order valence-electron chi connectivity index (χ1n) is 7.95. The highest BCUT2D eigenvalue weighted by Gasteiger charge is 2.29. The fourth-order valence-electron chi connectivity index (χ4n) is 2.92. The quantitative estimate of drug-likeness (QED) is 0.881. The van der Waals surface area contributed by atoms with Crippen LogP contribution in [-0.4, -0.2) is 29.6 Å². The van der Waals surface area contributed by atoms with Crippen LogP contribution < -0.4 is 0 Å². The summed E-state index contributed by atoms with van der Waals surface area (Å²) >= 11 is 0. The van der Waals surface area contributed by atoms with Crippen LogP contribution in [0.3, 0.4) is 0 Å². The number of halogens is 1. The Balaban J connectivity index is 1.95. The molecular formula is C20H20FNO. The van der Waals surface area contributed by atoms with E-state index in [1.807, 2.05) is 30.3 Å². The van der Waals surface area contributed by atoms with Crippen LogP contribution in [0.5, 0.6) is 0 Å². The third-order valence-corrected chi connectivity index (χ3v) is 4.20. The van der Waals surface area contributed by atoms with Gasteiger partial charge >= 0.3 is 0 Å². The molecule has 0 spiro atoms. The molecule has 2 aromatic rings. The van der Waals surface area contributed by atoms with Crippen LogP contribution in [0.15, 0.2) is 54.6 Å². The average molecular weight is 309 g/mol. The Hall–Kier alpha value is -2.15. The van der Waals surface area contributed by atoms with Gasteiger partial charge < -0.3 is 5.11 Å². The smallest absolute Gasteiger partial charge is 0.177 e. The molecule has 0 aromatic heterocycles. The van der Waals surface area contributed by atoms with Crippen molar-refractivity contribution in [3.8, 4) is 11.8 Å². The molecule has 3 heteroatoms. The van der Waals surface area contributed by atoms with Crippen molar-refractivity contribution < 1.29 is 9.50 Å². The molecule has 3 rings (SSSR count). The molecule has 1 saturated heterocycles. The van der Waals surface area contributed by atoms with Crippen LogP contribution in [0.25, 0.3) is 0 Å². The number of benzene rings is 2. The summed E-state index contributed by atoms with van der Waals surface area (Å²) in [4.78, 5) is 2.27. The lowest BCUT2D eigenvalue weighted by Gasteiger charge is -2.24. The van der Waals surface area contributed by atoms with Gasteiger partial charge in [-0.3, -0.25) is 4.90 Å². The van der Waals surface area contributed by atoms with Crippen LogP contribution in [0.1, 0.15) is 24.0 Å². The normalized spacial score (nSPS) is 17.3. The highest BCUT2D eigenvalue weighted by atomic mass is 19.1. The summed E-state index contributed by atoms with van der Waals surface area (Å²) in [5.74, 6) is 5.69. The van der Waals surface area contributed by atoms with E-state index in [1.165, 1.54) is 25.0 Å². The summed E-state index contributed by atoms with van der Waals surface area (Å²) in [5, 5.41) is 11.2. The Morgan fingerprint density at radius 2 is 1.70 bits per heavy atom. The second-order valence-corrected chi connectivity index (χ2v) is 5.87. The molecule has 1 fully saturated rings. The monoisotopic (exact) mass is 309 g/mol. The van der Waals surface area contributed by atoms with Crippen molar-refractivity contribution in [1.82, 2.24) is 4.90 Å². The Morgan fingerprint density at radius 3 is 2.39 bits per heavy atom. The Kier molecular flexibility index (Phi) is 4.76. The Bertz CT molecular complexity index is 713. The third-order valence-electron chi connectivity index (χ3n) is 4.20. The van der Waals surface area contributed by atoms with Gasteiger partial charge in [0.15, 0.2) is 5.60 Å². The highest BCUT2D eigenvalue weighted by molar-refractivity contribution is 5.44. The van der Waals surface area contributed by atoms with E-state index in [-0.39, 0.29) is 5.82 Å². The van der Waals surface area contributed by atoms with E-state index in [0.29, 0.717) is 17.7 Å². The van der Waals surface area contributed by atoms with E-state index < -0.39 is 5.60 Å². The van der Waals surface area contributed by atoms with E-state index in [4.69, 9.17) is 0 Å². The first-order valence-corrected chi connectivity index (χ1v) is 7.95. The maximum atomic E-state index is 13.6. The van der Waals surface area contributed by atoms with E-state index in [9.17, 15) is 9.50 Å². The largest absolute Gasteiger partial charge is 0.369 e. The molecule has 1 heterocycles. The third kappa shape index (κ3) is 3.61. The lowest BCUT2D eigenvalue weighted by Crippen LogP contribution is -2.26. The number of hydrogen-bond donors (Lipinski definition) is 1. The van der Waals surface area contributed by atoms with Crippen molar-refractivity contribution in [1.29, 1.82) is 0 Å². The number of rotatable bonds is 3. The maximum absolute atomic E-state index is 13.6. The average Bonchev–Trinajstić information content (AvgIpc) is 3.09. The molecule has 1 N–H and O–H groups in total. The van der Waals surface area contributed by atoms with E-state index >= 15 is 0 Å². The minimum atomic E-state index is -1.50. The van der Waals surface area contributed by atoms with Gasteiger partial charge in [-0.2, -0.15) is 0 Å². The fourth-order valence-corrected chi connectivity index (χ4v) is 2.92. The lowest BCUT2D eigenvalue weighted by molar-refractivity contribution is 0.144. The summed E-state index contributed by atoms with van der Waals surface area (Å²) in [6.45, 7) is 2.74. The summed E-state index contributed by atoms with van der Waals surface area (Å²) in [6.07, 6.45) is 2.41. The van der Waals surface area contributed by atoms with Crippen molar-refractivity contribution in [3.05, 3.63) is 71.5 Å². The summed E-state index contributed by atoms with van der Waals surface area (Å²) in [5.41, 5.74) is -0.388. The predicted molar refractivity (Wildman–Crippen MR) is 89.3 cm³/mol. The van der Waals surface area contributed by atoms with Gasteiger partial charge in [0, 0.05) is 11.1 Å². The van der Waals surface area contributed by atoms with Gasteiger partial charge in [0.1, 0.15) is 5.82 Å². The molecule has 0 aliphatic carbocycles. The van der Waals surface area contributed by atoms with E-state index in [2.05, 4.69) is 16.7 Å². The molecule has 0 amide bonds.